The molecule has 7 heteroatoms. The summed E-state index contributed by atoms with van der Waals surface area (Å²) in [4.78, 5) is 11.3. The molecule has 0 saturated heterocycles. The van der Waals surface area contributed by atoms with Gasteiger partial charge in [-0.05, 0) is 31.9 Å². The van der Waals surface area contributed by atoms with Crippen LogP contribution in [0.15, 0.2) is 78.9 Å². The highest BCUT2D eigenvalue weighted by Crippen LogP contribution is 2.43. The van der Waals surface area contributed by atoms with E-state index in [-0.39, 0.29) is 6.61 Å². The number of fused-ring (bicyclic) bond motifs is 2. The minimum atomic E-state index is -0.408. The fraction of sp³-hybridized carbons (Fsp3) is 0.344. The van der Waals surface area contributed by atoms with E-state index in [1.165, 1.54) is 0 Å². The Balaban J connectivity index is 1.30. The van der Waals surface area contributed by atoms with Crippen molar-refractivity contribution in [1.82, 2.24) is 0 Å². The van der Waals surface area contributed by atoms with Crippen molar-refractivity contribution in [2.24, 2.45) is 0 Å². The molecule has 0 atom stereocenters. The van der Waals surface area contributed by atoms with Crippen molar-refractivity contribution in [2.45, 2.75) is 19.8 Å². The number of esters is 1. The third-order valence-corrected chi connectivity index (χ3v) is 6.14. The standard InChI is InChI=1S/C32H36O7/c1-24(2)32(33)39-21-19-35-17-16-34-18-20-37-30-26-12-6-8-14-28(26)31(29-15-9-7-13-27(29)30)38-23-22-36-25-10-4-3-5-11-25/h3-12,14H,1,13,15-23H2,2H3. The van der Waals surface area contributed by atoms with E-state index < -0.39 is 5.97 Å². The summed E-state index contributed by atoms with van der Waals surface area (Å²) in [5.74, 6) is 2.21. The molecule has 4 rings (SSSR count). The van der Waals surface area contributed by atoms with Crippen LogP contribution in [0.5, 0.6) is 17.2 Å². The molecule has 1 aliphatic carbocycles. The van der Waals surface area contributed by atoms with Crippen molar-refractivity contribution in [3.63, 3.8) is 0 Å². The molecule has 0 spiro atoms. The van der Waals surface area contributed by atoms with Gasteiger partial charge in [0.1, 0.15) is 43.7 Å². The van der Waals surface area contributed by atoms with Gasteiger partial charge < -0.3 is 28.4 Å². The molecule has 39 heavy (non-hydrogen) atoms. The summed E-state index contributed by atoms with van der Waals surface area (Å²) in [6.07, 6.45) is 5.93. The van der Waals surface area contributed by atoms with Gasteiger partial charge in [-0.15, -0.1) is 0 Å². The number of hydrogen-bond donors (Lipinski definition) is 0. The molecule has 0 heterocycles. The van der Waals surface area contributed by atoms with E-state index in [1.54, 1.807) is 6.92 Å². The molecule has 0 aromatic heterocycles. The van der Waals surface area contributed by atoms with Crippen LogP contribution < -0.4 is 14.2 Å². The quantitative estimate of drug-likeness (QED) is 0.105. The van der Waals surface area contributed by atoms with E-state index in [1.807, 2.05) is 42.5 Å². The van der Waals surface area contributed by atoms with Gasteiger partial charge >= 0.3 is 5.97 Å². The molecule has 0 amide bonds. The van der Waals surface area contributed by atoms with Gasteiger partial charge in [-0.3, -0.25) is 0 Å². The fourth-order valence-corrected chi connectivity index (χ4v) is 4.30. The summed E-state index contributed by atoms with van der Waals surface area (Å²) in [6, 6.07) is 18.0. The lowest BCUT2D eigenvalue weighted by molar-refractivity contribution is -0.140. The lowest BCUT2D eigenvalue weighted by atomic mass is 9.90. The van der Waals surface area contributed by atoms with Crippen molar-refractivity contribution in [1.29, 1.82) is 0 Å². The fourth-order valence-electron chi connectivity index (χ4n) is 4.30. The molecule has 0 aliphatic heterocycles. The summed E-state index contributed by atoms with van der Waals surface area (Å²) in [7, 11) is 0. The number of para-hydroxylation sites is 1. The number of hydrogen-bond acceptors (Lipinski definition) is 7. The molecule has 206 valence electrons. The molecule has 7 nitrogen and oxygen atoms in total. The molecule has 3 aromatic carbocycles. The second kappa shape index (κ2) is 15.0. The smallest absolute Gasteiger partial charge is 0.333 e. The highest BCUT2D eigenvalue weighted by atomic mass is 16.6. The van der Waals surface area contributed by atoms with Gasteiger partial charge in [0, 0.05) is 27.5 Å². The SMILES string of the molecule is C=C(C)C(=O)OCCOCCOCCOc1c2c(c(OCCOc3ccccc3)c3ccccc13)CC=CC2. The van der Waals surface area contributed by atoms with Gasteiger partial charge in [0.05, 0.1) is 26.4 Å². The zero-order chi connectivity index (χ0) is 27.3. The maximum atomic E-state index is 11.3. The Labute approximate surface area is 229 Å². The summed E-state index contributed by atoms with van der Waals surface area (Å²) in [6.45, 7) is 8.26. The van der Waals surface area contributed by atoms with Crippen LogP contribution in [0.25, 0.3) is 10.8 Å². The van der Waals surface area contributed by atoms with Gasteiger partial charge in [-0.25, -0.2) is 4.79 Å². The monoisotopic (exact) mass is 532 g/mol. The minimum Gasteiger partial charge on any atom is -0.490 e. The number of carbonyl (C=O) groups is 1. The Hall–Kier alpha value is -3.81. The zero-order valence-corrected chi connectivity index (χ0v) is 22.5. The first-order valence-electron chi connectivity index (χ1n) is 13.3. The van der Waals surface area contributed by atoms with Gasteiger partial charge in [0.15, 0.2) is 0 Å². The molecular weight excluding hydrogens is 496 g/mol. The second-order valence-electron chi connectivity index (χ2n) is 9.04. The van der Waals surface area contributed by atoms with Crippen LogP contribution in [0.4, 0.5) is 0 Å². The van der Waals surface area contributed by atoms with Gasteiger partial charge in [0.25, 0.3) is 0 Å². The van der Waals surface area contributed by atoms with E-state index in [0.29, 0.717) is 51.8 Å². The zero-order valence-electron chi connectivity index (χ0n) is 22.5. The van der Waals surface area contributed by atoms with Crippen LogP contribution in [-0.2, 0) is 31.8 Å². The Morgan fingerprint density at radius 2 is 1.15 bits per heavy atom. The average molecular weight is 533 g/mol. The van der Waals surface area contributed by atoms with E-state index in [9.17, 15) is 4.79 Å². The summed E-state index contributed by atoms with van der Waals surface area (Å²) >= 11 is 0. The van der Waals surface area contributed by atoms with Gasteiger partial charge in [-0.2, -0.15) is 0 Å². The third-order valence-electron chi connectivity index (χ3n) is 6.14. The summed E-state index contributed by atoms with van der Waals surface area (Å²) in [5, 5.41) is 2.06. The Morgan fingerprint density at radius 1 is 0.667 bits per heavy atom. The minimum absolute atomic E-state index is 0.196. The lowest BCUT2D eigenvalue weighted by Gasteiger charge is -2.23. The van der Waals surface area contributed by atoms with Crippen LogP contribution in [-0.4, -0.2) is 58.8 Å². The van der Waals surface area contributed by atoms with Crippen LogP contribution in [0.1, 0.15) is 18.1 Å². The largest absolute Gasteiger partial charge is 0.490 e. The highest BCUT2D eigenvalue weighted by molar-refractivity contribution is 5.96. The van der Waals surface area contributed by atoms with Crippen molar-refractivity contribution in [3.8, 4) is 17.2 Å². The van der Waals surface area contributed by atoms with E-state index in [0.717, 1.165) is 52.0 Å². The predicted octanol–water partition coefficient (Wildman–Crippen LogP) is 5.48. The molecule has 0 N–H and O–H groups in total. The molecule has 3 aromatic rings. The van der Waals surface area contributed by atoms with Crippen LogP contribution in [0.3, 0.4) is 0 Å². The maximum absolute atomic E-state index is 11.3. The van der Waals surface area contributed by atoms with Crippen LogP contribution in [0.2, 0.25) is 0 Å². The molecule has 0 saturated carbocycles. The maximum Gasteiger partial charge on any atom is 0.333 e. The Morgan fingerprint density at radius 3 is 1.74 bits per heavy atom. The van der Waals surface area contributed by atoms with Crippen LogP contribution >= 0.6 is 0 Å². The van der Waals surface area contributed by atoms with Crippen molar-refractivity contribution in [3.05, 3.63) is 90.0 Å². The number of ether oxygens (including phenoxy) is 6. The first-order chi connectivity index (χ1) is 19.1. The van der Waals surface area contributed by atoms with Gasteiger partial charge in [0.2, 0.25) is 0 Å². The Bertz CT molecular complexity index is 1270. The molecule has 1 aliphatic rings. The van der Waals surface area contributed by atoms with Gasteiger partial charge in [-0.1, -0.05) is 61.2 Å². The molecular formula is C32H36O7. The normalized spacial score (nSPS) is 12.1. The molecule has 0 radical (unpaired) electrons. The first kappa shape index (κ1) is 28.2. The number of benzene rings is 3. The van der Waals surface area contributed by atoms with Crippen molar-refractivity contribution >= 4 is 16.7 Å². The molecule has 0 bridgehead atoms. The Kier molecular flexibility index (Phi) is 10.8. The topological polar surface area (TPSA) is 72.5 Å². The van der Waals surface area contributed by atoms with Crippen LogP contribution in [0, 0.1) is 0 Å². The molecule has 0 unspecified atom stereocenters. The summed E-state index contributed by atoms with van der Waals surface area (Å²) in [5.41, 5.74) is 2.69. The highest BCUT2D eigenvalue weighted by Gasteiger charge is 2.22. The average Bonchev–Trinajstić information content (AvgIpc) is 2.97. The lowest BCUT2D eigenvalue weighted by Crippen LogP contribution is -2.15. The first-order valence-corrected chi connectivity index (χ1v) is 13.3. The van der Waals surface area contributed by atoms with E-state index in [2.05, 4.69) is 30.9 Å². The van der Waals surface area contributed by atoms with E-state index >= 15 is 0 Å². The van der Waals surface area contributed by atoms with Crippen molar-refractivity contribution in [2.75, 3.05) is 52.9 Å². The second-order valence-corrected chi connectivity index (χ2v) is 9.04. The number of allylic oxidation sites excluding steroid dienone is 2. The third kappa shape index (κ3) is 8.09. The molecule has 0 fully saturated rings. The summed E-state index contributed by atoms with van der Waals surface area (Å²) < 4.78 is 34.6. The van der Waals surface area contributed by atoms with Crippen molar-refractivity contribution < 1.29 is 33.2 Å². The number of rotatable bonds is 16. The number of carbonyl (C=O) groups excluding carboxylic acids is 1. The van der Waals surface area contributed by atoms with E-state index in [4.69, 9.17) is 28.4 Å². The predicted molar refractivity (Wildman–Crippen MR) is 151 cm³/mol.